The van der Waals surface area contributed by atoms with Crippen molar-refractivity contribution < 1.29 is 14.7 Å². The zero-order chi connectivity index (χ0) is 20.5. The average Bonchev–Trinajstić information content (AvgIpc) is 3.10. The van der Waals surface area contributed by atoms with Gasteiger partial charge >= 0.3 is 6.03 Å². The molecule has 1 aromatic heterocycles. The summed E-state index contributed by atoms with van der Waals surface area (Å²) in [6.45, 7) is 1.68. The number of hydrogen-bond acceptors (Lipinski definition) is 3. The number of piperidine rings is 1. The van der Waals surface area contributed by atoms with Crippen molar-refractivity contribution in [3.05, 3.63) is 35.0 Å². The van der Waals surface area contributed by atoms with Crippen molar-refractivity contribution in [1.82, 2.24) is 20.1 Å². The van der Waals surface area contributed by atoms with Gasteiger partial charge in [0.15, 0.2) is 0 Å². The Bertz CT molecular complexity index is 908. The Hall–Kier alpha value is -2.25. The van der Waals surface area contributed by atoms with Gasteiger partial charge in [-0.15, -0.1) is 0 Å². The molecule has 0 bridgehead atoms. The van der Waals surface area contributed by atoms with Crippen molar-refractivity contribution in [1.29, 1.82) is 0 Å². The Morgan fingerprint density at radius 1 is 1.34 bits per heavy atom. The molecule has 1 aromatic carbocycles. The van der Waals surface area contributed by atoms with Crippen molar-refractivity contribution in [2.24, 2.45) is 5.92 Å². The number of nitrogens with one attached hydrogen (secondary N) is 2. The summed E-state index contributed by atoms with van der Waals surface area (Å²) in [5.74, 6) is 0.0592. The van der Waals surface area contributed by atoms with E-state index in [1.807, 2.05) is 29.2 Å². The molecule has 0 radical (unpaired) electrons. The summed E-state index contributed by atoms with van der Waals surface area (Å²) >= 11 is 6.03. The number of aliphatic hydroxyl groups is 1. The molecule has 1 atom stereocenters. The lowest BCUT2D eigenvalue weighted by Gasteiger charge is -2.41. The zero-order valence-electron chi connectivity index (χ0n) is 16.5. The number of H-pyrrole nitrogens is 1. The number of urea groups is 1. The van der Waals surface area contributed by atoms with Crippen LogP contribution in [0.3, 0.4) is 0 Å². The molecule has 2 heterocycles. The maximum absolute atomic E-state index is 12.6. The molecule has 2 aliphatic rings. The van der Waals surface area contributed by atoms with Crippen molar-refractivity contribution in [2.75, 3.05) is 20.1 Å². The minimum atomic E-state index is -0.335. The van der Waals surface area contributed by atoms with Gasteiger partial charge < -0.3 is 25.2 Å². The molecule has 0 spiro atoms. The molecule has 8 heteroatoms. The number of hydrogen-bond donors (Lipinski definition) is 3. The predicted molar refractivity (Wildman–Crippen MR) is 112 cm³/mol. The van der Waals surface area contributed by atoms with Crippen LogP contribution in [-0.2, 0) is 11.3 Å². The number of carbonyl (C=O) groups is 2. The lowest BCUT2D eigenvalue weighted by atomic mass is 9.81. The van der Waals surface area contributed by atoms with E-state index >= 15 is 0 Å². The molecule has 156 valence electrons. The van der Waals surface area contributed by atoms with Crippen LogP contribution < -0.4 is 5.32 Å². The first-order chi connectivity index (χ1) is 13.9. The Kier molecular flexibility index (Phi) is 5.69. The van der Waals surface area contributed by atoms with Crippen molar-refractivity contribution in [2.45, 2.75) is 44.4 Å². The van der Waals surface area contributed by atoms with E-state index in [4.69, 9.17) is 11.6 Å². The number of aromatic amines is 1. The highest BCUT2D eigenvalue weighted by molar-refractivity contribution is 6.31. The standard InChI is InChI=1S/C21H27ClN4O3/c1-25(17-3-2-6-26(12-17)20(28)14-9-18(27)10-14)21(29)23-11-16-8-13-7-15(22)4-5-19(13)24-16/h4-5,7-8,14,17-18,24,27H,2-3,6,9-12H2,1H3,(H,23,29)/t14-,17-,18-/m1/s1. The molecule has 1 saturated carbocycles. The maximum atomic E-state index is 12.6. The summed E-state index contributed by atoms with van der Waals surface area (Å²) in [6, 6.07) is 7.47. The lowest BCUT2D eigenvalue weighted by molar-refractivity contribution is -0.144. The maximum Gasteiger partial charge on any atom is 0.317 e. The number of fused-ring (bicyclic) bond motifs is 1. The largest absolute Gasteiger partial charge is 0.393 e. The molecule has 4 rings (SSSR count). The molecule has 2 aromatic rings. The van der Waals surface area contributed by atoms with E-state index in [-0.39, 0.29) is 30.0 Å². The van der Waals surface area contributed by atoms with E-state index in [1.165, 1.54) is 0 Å². The number of amides is 3. The van der Waals surface area contributed by atoms with Crippen molar-refractivity contribution >= 4 is 34.4 Å². The number of halogens is 1. The smallest absolute Gasteiger partial charge is 0.317 e. The average molecular weight is 419 g/mol. The Labute approximate surface area is 175 Å². The first-order valence-electron chi connectivity index (χ1n) is 10.2. The minimum absolute atomic E-state index is 0.000722. The number of aromatic nitrogens is 1. The number of aliphatic hydroxyl groups excluding tert-OH is 1. The van der Waals surface area contributed by atoms with Crippen LogP contribution in [0.15, 0.2) is 24.3 Å². The number of benzene rings is 1. The first-order valence-corrected chi connectivity index (χ1v) is 10.5. The fraction of sp³-hybridized carbons (Fsp3) is 0.524. The molecule has 0 unspecified atom stereocenters. The molecule has 3 amide bonds. The van der Waals surface area contributed by atoms with Crippen LogP contribution >= 0.6 is 11.6 Å². The second-order valence-corrected chi connectivity index (χ2v) is 8.63. The van der Waals surface area contributed by atoms with Gasteiger partial charge in [0, 0.05) is 47.7 Å². The number of likely N-dealkylation sites (tertiary alicyclic amines) is 1. The Morgan fingerprint density at radius 3 is 2.90 bits per heavy atom. The Balaban J connectivity index is 1.31. The van der Waals surface area contributed by atoms with E-state index in [0.29, 0.717) is 31.0 Å². The predicted octanol–water partition coefficient (Wildman–Crippen LogP) is 2.72. The van der Waals surface area contributed by atoms with Gasteiger partial charge in [-0.1, -0.05) is 11.6 Å². The number of carbonyl (C=O) groups excluding carboxylic acids is 2. The van der Waals surface area contributed by atoms with Gasteiger partial charge in [-0.05, 0) is 49.9 Å². The van der Waals surface area contributed by atoms with Crippen LogP contribution in [0.2, 0.25) is 5.02 Å². The van der Waals surface area contributed by atoms with Crippen LogP contribution in [0.25, 0.3) is 10.9 Å². The third-order valence-corrected chi connectivity index (χ3v) is 6.34. The van der Waals surface area contributed by atoms with Gasteiger partial charge in [0.2, 0.25) is 5.91 Å². The summed E-state index contributed by atoms with van der Waals surface area (Å²) in [5, 5.41) is 14.1. The molecule has 1 aliphatic heterocycles. The number of nitrogens with zero attached hydrogens (tertiary/aromatic N) is 2. The van der Waals surface area contributed by atoms with E-state index in [1.54, 1.807) is 11.9 Å². The lowest BCUT2D eigenvalue weighted by Crippen LogP contribution is -2.54. The highest BCUT2D eigenvalue weighted by Gasteiger charge is 2.38. The number of likely N-dealkylation sites (N-methyl/N-ethyl adjacent to an activating group) is 1. The summed E-state index contributed by atoms with van der Waals surface area (Å²) in [6.07, 6.45) is 2.55. The molecule has 3 N–H and O–H groups in total. The van der Waals surface area contributed by atoms with Gasteiger partial charge in [0.25, 0.3) is 0 Å². The second kappa shape index (κ2) is 8.24. The topological polar surface area (TPSA) is 88.7 Å². The summed E-state index contributed by atoms with van der Waals surface area (Å²) in [4.78, 5) is 32.1. The van der Waals surface area contributed by atoms with Crippen molar-refractivity contribution in [3.8, 4) is 0 Å². The molecule has 2 fully saturated rings. The third-order valence-electron chi connectivity index (χ3n) is 6.11. The first kappa shape index (κ1) is 20.0. The van der Waals surface area contributed by atoms with E-state index in [0.717, 1.165) is 36.0 Å². The molecule has 1 saturated heterocycles. The van der Waals surface area contributed by atoms with Gasteiger partial charge in [-0.25, -0.2) is 4.79 Å². The van der Waals surface area contributed by atoms with Gasteiger partial charge in [0.05, 0.1) is 18.7 Å². The van der Waals surface area contributed by atoms with Crippen LogP contribution in [0.5, 0.6) is 0 Å². The fourth-order valence-corrected chi connectivity index (χ4v) is 4.42. The van der Waals surface area contributed by atoms with Crippen LogP contribution in [0.4, 0.5) is 4.79 Å². The quantitative estimate of drug-likeness (QED) is 0.713. The van der Waals surface area contributed by atoms with Crippen LogP contribution in [0, 0.1) is 5.92 Å². The van der Waals surface area contributed by atoms with E-state index in [9.17, 15) is 14.7 Å². The second-order valence-electron chi connectivity index (χ2n) is 8.20. The molecular weight excluding hydrogens is 392 g/mol. The van der Waals surface area contributed by atoms with Gasteiger partial charge in [-0.3, -0.25) is 4.79 Å². The van der Waals surface area contributed by atoms with Crippen LogP contribution in [0.1, 0.15) is 31.4 Å². The molecule has 1 aliphatic carbocycles. The highest BCUT2D eigenvalue weighted by Crippen LogP contribution is 2.30. The third kappa shape index (κ3) is 4.36. The zero-order valence-corrected chi connectivity index (χ0v) is 17.3. The molecule has 7 nitrogen and oxygen atoms in total. The SMILES string of the molecule is CN(C(=O)NCc1cc2cc(Cl)ccc2[nH]1)[C@@H]1CCCN(C(=O)[C@H]2C[C@H](O)C2)C1. The summed E-state index contributed by atoms with van der Waals surface area (Å²) in [7, 11) is 1.78. The van der Waals surface area contributed by atoms with E-state index < -0.39 is 0 Å². The molecular formula is C21H27ClN4O3. The summed E-state index contributed by atoms with van der Waals surface area (Å²) < 4.78 is 0. The van der Waals surface area contributed by atoms with Gasteiger partial charge in [0.1, 0.15) is 0 Å². The van der Waals surface area contributed by atoms with Crippen molar-refractivity contribution in [3.63, 3.8) is 0 Å². The van der Waals surface area contributed by atoms with Crippen LogP contribution in [-0.4, -0.2) is 64.1 Å². The highest BCUT2D eigenvalue weighted by atomic mass is 35.5. The summed E-state index contributed by atoms with van der Waals surface area (Å²) in [5.41, 5.74) is 1.89. The Morgan fingerprint density at radius 2 is 2.14 bits per heavy atom. The van der Waals surface area contributed by atoms with Gasteiger partial charge in [-0.2, -0.15) is 0 Å². The monoisotopic (exact) mass is 418 g/mol. The molecule has 29 heavy (non-hydrogen) atoms. The minimum Gasteiger partial charge on any atom is -0.393 e. The van der Waals surface area contributed by atoms with E-state index in [2.05, 4.69) is 10.3 Å². The number of rotatable bonds is 4. The fourth-order valence-electron chi connectivity index (χ4n) is 4.24. The normalized spacial score (nSPS) is 24.2.